The predicted octanol–water partition coefficient (Wildman–Crippen LogP) is 5.03. The van der Waals surface area contributed by atoms with E-state index in [0.29, 0.717) is 6.42 Å². The summed E-state index contributed by atoms with van der Waals surface area (Å²) in [6, 6.07) is 1.73. The molecule has 0 N–H and O–H groups in total. The van der Waals surface area contributed by atoms with Gasteiger partial charge in [0.2, 0.25) is 0 Å². The Morgan fingerprint density at radius 2 is 1.86 bits per heavy atom. The van der Waals surface area contributed by atoms with Gasteiger partial charge < -0.3 is 8.92 Å². The van der Waals surface area contributed by atoms with Crippen LogP contribution in [0.4, 0.5) is 17.6 Å². The van der Waals surface area contributed by atoms with Gasteiger partial charge in [0.1, 0.15) is 5.75 Å². The number of hydrogen-bond donors (Lipinski definition) is 0. The molecule has 29 heavy (non-hydrogen) atoms. The minimum absolute atomic E-state index is 0. The summed E-state index contributed by atoms with van der Waals surface area (Å²) in [5.41, 5.74) is -5.57. The van der Waals surface area contributed by atoms with Crippen LogP contribution in [0, 0.1) is 5.82 Å². The fourth-order valence-electron chi connectivity index (χ4n) is 3.16. The molecule has 0 saturated carbocycles. The SMILES string of the molecule is CCCCCN(CCC)C1CCc2c(OS(=O)(=O)C(F)(F)F)ccc(F)c2O1.Cl. The van der Waals surface area contributed by atoms with E-state index >= 15 is 0 Å². The third-order valence-corrected chi connectivity index (χ3v) is 5.48. The molecule has 0 saturated heterocycles. The van der Waals surface area contributed by atoms with E-state index in [1.807, 2.05) is 6.92 Å². The van der Waals surface area contributed by atoms with Crippen LogP contribution in [0.25, 0.3) is 0 Å². The minimum atomic E-state index is -5.84. The van der Waals surface area contributed by atoms with Gasteiger partial charge in [-0.15, -0.1) is 12.4 Å². The molecule has 1 atom stereocenters. The average Bonchev–Trinajstić information content (AvgIpc) is 2.62. The van der Waals surface area contributed by atoms with E-state index < -0.39 is 33.4 Å². The average molecular weight is 464 g/mol. The number of hydrogen-bond acceptors (Lipinski definition) is 5. The summed E-state index contributed by atoms with van der Waals surface area (Å²) in [6.07, 6.45) is 4.04. The standard InChI is InChI=1S/C18H25F4NO4S.ClH/c1-3-5-6-12-23(11-4-2)16-10-7-13-15(9-8-14(19)17(13)26-16)27-28(24,25)18(20,21)22;/h8-9,16H,3-7,10-12H2,1-2H3;1H. The summed E-state index contributed by atoms with van der Waals surface area (Å²) in [6.45, 7) is 5.60. The number of benzene rings is 1. The Hall–Kier alpha value is -1.26. The highest BCUT2D eigenvalue weighted by Crippen LogP contribution is 2.39. The van der Waals surface area contributed by atoms with Crippen LogP contribution in [0.1, 0.15) is 51.5 Å². The highest BCUT2D eigenvalue weighted by Gasteiger charge is 2.49. The summed E-state index contributed by atoms with van der Waals surface area (Å²) in [4.78, 5) is 2.08. The molecule has 0 spiro atoms. The number of fused-ring (bicyclic) bond motifs is 1. The van der Waals surface area contributed by atoms with Crippen LogP contribution >= 0.6 is 12.4 Å². The van der Waals surface area contributed by atoms with Gasteiger partial charge in [-0.1, -0.05) is 26.7 Å². The first kappa shape index (κ1) is 25.8. The minimum Gasteiger partial charge on any atom is -0.472 e. The van der Waals surface area contributed by atoms with Crippen LogP contribution in [0.5, 0.6) is 11.5 Å². The molecular formula is C18H26ClF4NO4S. The monoisotopic (exact) mass is 463 g/mol. The molecule has 0 aromatic heterocycles. The first-order valence-electron chi connectivity index (χ1n) is 9.33. The topological polar surface area (TPSA) is 55.8 Å². The largest absolute Gasteiger partial charge is 0.534 e. The van der Waals surface area contributed by atoms with Crippen molar-refractivity contribution in [1.29, 1.82) is 0 Å². The molecule has 1 aromatic rings. The van der Waals surface area contributed by atoms with Crippen LogP contribution < -0.4 is 8.92 Å². The maximum Gasteiger partial charge on any atom is 0.534 e. The molecule has 0 fully saturated rings. The van der Waals surface area contributed by atoms with Crippen molar-refractivity contribution in [2.24, 2.45) is 0 Å². The molecule has 1 aliphatic rings. The molecule has 11 heteroatoms. The second-order valence-corrected chi connectivity index (χ2v) is 8.23. The molecule has 5 nitrogen and oxygen atoms in total. The summed E-state index contributed by atoms with van der Waals surface area (Å²) in [7, 11) is -5.84. The van der Waals surface area contributed by atoms with E-state index in [1.165, 1.54) is 0 Å². The second kappa shape index (κ2) is 10.7. The van der Waals surface area contributed by atoms with E-state index in [0.717, 1.165) is 50.9 Å². The molecule has 1 heterocycles. The molecule has 1 aliphatic heterocycles. The molecule has 1 aromatic carbocycles. The number of halogens is 5. The van der Waals surface area contributed by atoms with Gasteiger partial charge in [0.25, 0.3) is 0 Å². The fourth-order valence-corrected chi connectivity index (χ4v) is 3.65. The Morgan fingerprint density at radius 3 is 2.45 bits per heavy atom. The van der Waals surface area contributed by atoms with E-state index in [-0.39, 0.29) is 30.1 Å². The van der Waals surface area contributed by atoms with Crippen molar-refractivity contribution in [1.82, 2.24) is 4.90 Å². The normalized spacial score (nSPS) is 16.7. The maximum absolute atomic E-state index is 14.3. The van der Waals surface area contributed by atoms with Gasteiger partial charge in [-0.05, 0) is 31.4 Å². The lowest BCUT2D eigenvalue weighted by molar-refractivity contribution is -0.0501. The van der Waals surface area contributed by atoms with Crippen LogP contribution in [0.15, 0.2) is 12.1 Å². The first-order valence-corrected chi connectivity index (χ1v) is 10.7. The first-order chi connectivity index (χ1) is 13.1. The highest BCUT2D eigenvalue weighted by molar-refractivity contribution is 7.88. The number of alkyl halides is 3. The lowest BCUT2D eigenvalue weighted by atomic mass is 10.0. The zero-order valence-electron chi connectivity index (χ0n) is 16.3. The quantitative estimate of drug-likeness (QED) is 0.222. The van der Waals surface area contributed by atoms with Gasteiger partial charge in [-0.3, -0.25) is 4.90 Å². The van der Waals surface area contributed by atoms with Gasteiger partial charge in [0, 0.05) is 25.1 Å². The van der Waals surface area contributed by atoms with Crippen molar-refractivity contribution in [3.05, 3.63) is 23.5 Å². The van der Waals surface area contributed by atoms with Crippen LogP contribution in [0.2, 0.25) is 0 Å². The molecule has 0 aliphatic carbocycles. The zero-order chi connectivity index (χ0) is 20.9. The van der Waals surface area contributed by atoms with Crippen molar-refractivity contribution in [2.45, 2.75) is 64.1 Å². The fraction of sp³-hybridized carbons (Fsp3) is 0.667. The van der Waals surface area contributed by atoms with Crippen molar-refractivity contribution in [2.75, 3.05) is 13.1 Å². The summed E-state index contributed by atoms with van der Waals surface area (Å²) in [5.74, 6) is -1.57. The summed E-state index contributed by atoms with van der Waals surface area (Å²) in [5, 5.41) is 0. The van der Waals surface area contributed by atoms with Crippen LogP contribution in [-0.2, 0) is 16.5 Å². The van der Waals surface area contributed by atoms with Gasteiger partial charge in [0.15, 0.2) is 17.8 Å². The maximum atomic E-state index is 14.3. The Morgan fingerprint density at radius 1 is 1.17 bits per heavy atom. The van der Waals surface area contributed by atoms with Crippen molar-refractivity contribution in [3.8, 4) is 11.5 Å². The molecular weight excluding hydrogens is 438 g/mol. The summed E-state index contributed by atoms with van der Waals surface area (Å²) >= 11 is 0. The number of unbranched alkanes of at least 4 members (excludes halogenated alkanes) is 2. The van der Waals surface area contributed by atoms with Gasteiger partial charge in [-0.2, -0.15) is 21.6 Å². The molecule has 0 radical (unpaired) electrons. The van der Waals surface area contributed by atoms with Crippen LogP contribution in [-0.4, -0.2) is 38.1 Å². The third kappa shape index (κ3) is 6.36. The van der Waals surface area contributed by atoms with Crippen molar-refractivity contribution < 1.29 is 34.9 Å². The third-order valence-electron chi connectivity index (χ3n) is 4.51. The van der Waals surface area contributed by atoms with E-state index in [9.17, 15) is 26.0 Å². The van der Waals surface area contributed by atoms with Gasteiger partial charge in [-0.25, -0.2) is 4.39 Å². The van der Waals surface area contributed by atoms with Gasteiger partial charge in [0.05, 0.1) is 0 Å². The molecule has 1 unspecified atom stereocenters. The molecule has 0 bridgehead atoms. The van der Waals surface area contributed by atoms with E-state index in [1.54, 1.807) is 0 Å². The van der Waals surface area contributed by atoms with Crippen LogP contribution in [0.3, 0.4) is 0 Å². The lowest BCUT2D eigenvalue weighted by Gasteiger charge is -2.35. The Kier molecular flexibility index (Phi) is 9.49. The Bertz CT molecular complexity index is 774. The number of nitrogens with zero attached hydrogens (tertiary/aromatic N) is 1. The van der Waals surface area contributed by atoms with Gasteiger partial charge >= 0.3 is 15.6 Å². The number of ether oxygens (including phenoxy) is 1. The molecule has 2 rings (SSSR count). The number of rotatable bonds is 9. The highest BCUT2D eigenvalue weighted by atomic mass is 35.5. The Balaban J connectivity index is 0.00000420. The zero-order valence-corrected chi connectivity index (χ0v) is 17.9. The van der Waals surface area contributed by atoms with Crippen molar-refractivity contribution in [3.63, 3.8) is 0 Å². The smallest absolute Gasteiger partial charge is 0.472 e. The van der Waals surface area contributed by atoms with Crippen molar-refractivity contribution >= 4 is 22.5 Å². The van der Waals surface area contributed by atoms with E-state index in [2.05, 4.69) is 16.0 Å². The second-order valence-electron chi connectivity index (χ2n) is 6.69. The van der Waals surface area contributed by atoms with E-state index in [4.69, 9.17) is 4.74 Å². The summed E-state index contributed by atoms with van der Waals surface area (Å²) < 4.78 is 84.7. The molecule has 168 valence electrons. The predicted molar refractivity (Wildman–Crippen MR) is 103 cm³/mol. The molecule has 0 amide bonds. The Labute approximate surface area is 174 Å². The lowest BCUT2D eigenvalue weighted by Crippen LogP contribution is -2.43.